The lowest BCUT2D eigenvalue weighted by molar-refractivity contribution is -0.149. The summed E-state index contributed by atoms with van der Waals surface area (Å²) in [6.07, 6.45) is 0.873. The molecule has 4 nitrogen and oxygen atoms in total. The second kappa shape index (κ2) is 6.80. The molecule has 0 radical (unpaired) electrons. The van der Waals surface area contributed by atoms with E-state index in [1.54, 1.807) is 13.8 Å². The highest BCUT2D eigenvalue weighted by Crippen LogP contribution is 2.14. The first-order chi connectivity index (χ1) is 6.96. The van der Waals surface area contributed by atoms with Crippen LogP contribution in [0.5, 0.6) is 0 Å². The Labute approximate surface area is 92.2 Å². The van der Waals surface area contributed by atoms with E-state index < -0.39 is 11.5 Å². The number of hydrogen-bond acceptors (Lipinski definition) is 3. The molecule has 0 spiro atoms. The molecule has 0 atom stereocenters. The van der Waals surface area contributed by atoms with E-state index in [2.05, 4.69) is 0 Å². The maximum Gasteiger partial charge on any atom is 0.323 e. The maximum absolute atomic E-state index is 11.0. The van der Waals surface area contributed by atoms with Crippen molar-refractivity contribution in [1.29, 1.82) is 0 Å². The van der Waals surface area contributed by atoms with Crippen molar-refractivity contribution < 1.29 is 14.6 Å². The maximum atomic E-state index is 11.0. The average Bonchev–Trinajstić information content (AvgIpc) is 2.17. The van der Waals surface area contributed by atoms with Crippen molar-refractivity contribution in [2.75, 3.05) is 26.3 Å². The van der Waals surface area contributed by atoms with Crippen LogP contribution < -0.4 is 0 Å². The second-order valence-corrected chi connectivity index (χ2v) is 3.99. The summed E-state index contributed by atoms with van der Waals surface area (Å²) < 4.78 is 5.23. The lowest BCUT2D eigenvalue weighted by Crippen LogP contribution is -2.50. The fraction of sp³-hybridized carbons (Fsp3) is 0.909. The summed E-state index contributed by atoms with van der Waals surface area (Å²) >= 11 is 0. The fourth-order valence-electron chi connectivity index (χ4n) is 1.47. The van der Waals surface area contributed by atoms with Crippen molar-refractivity contribution in [3.63, 3.8) is 0 Å². The van der Waals surface area contributed by atoms with Crippen LogP contribution in [0.3, 0.4) is 0 Å². The van der Waals surface area contributed by atoms with Crippen molar-refractivity contribution in [1.82, 2.24) is 4.90 Å². The first kappa shape index (κ1) is 14.4. The zero-order valence-corrected chi connectivity index (χ0v) is 10.2. The Balaban J connectivity index is 4.07. The first-order valence-corrected chi connectivity index (χ1v) is 5.53. The van der Waals surface area contributed by atoms with Gasteiger partial charge in [0.1, 0.15) is 5.54 Å². The highest BCUT2D eigenvalue weighted by atomic mass is 16.5. The van der Waals surface area contributed by atoms with Gasteiger partial charge in [0.2, 0.25) is 0 Å². The smallest absolute Gasteiger partial charge is 0.323 e. The minimum Gasteiger partial charge on any atom is -0.480 e. The lowest BCUT2D eigenvalue weighted by atomic mass is 10.0. The molecule has 0 heterocycles. The standard InChI is InChI=1S/C11H23NO3/c1-5-12(8-7-9-15-6-2)11(3,4)10(13)14/h5-9H2,1-4H3,(H,13,14). The number of likely N-dealkylation sites (N-methyl/N-ethyl adjacent to an activating group) is 1. The van der Waals surface area contributed by atoms with Gasteiger partial charge in [-0.25, -0.2) is 0 Å². The summed E-state index contributed by atoms with van der Waals surface area (Å²) in [5, 5.41) is 9.07. The third kappa shape index (κ3) is 4.62. The third-order valence-electron chi connectivity index (χ3n) is 2.62. The van der Waals surface area contributed by atoms with Crippen molar-refractivity contribution in [3.8, 4) is 0 Å². The molecule has 0 aromatic carbocycles. The van der Waals surface area contributed by atoms with Crippen LogP contribution in [0.15, 0.2) is 0 Å². The van der Waals surface area contributed by atoms with E-state index in [0.29, 0.717) is 13.2 Å². The van der Waals surface area contributed by atoms with Crippen LogP contribution in [0, 0.1) is 0 Å². The molecule has 0 aliphatic carbocycles. The number of ether oxygens (including phenoxy) is 1. The van der Waals surface area contributed by atoms with Crippen LogP contribution in [0.2, 0.25) is 0 Å². The van der Waals surface area contributed by atoms with E-state index in [0.717, 1.165) is 19.5 Å². The van der Waals surface area contributed by atoms with Crippen LogP contribution in [-0.2, 0) is 9.53 Å². The normalized spacial score (nSPS) is 12.1. The van der Waals surface area contributed by atoms with Crippen molar-refractivity contribution >= 4 is 5.97 Å². The predicted octanol–water partition coefficient (Wildman–Crippen LogP) is 1.60. The second-order valence-electron chi connectivity index (χ2n) is 3.99. The van der Waals surface area contributed by atoms with Crippen LogP contribution in [0.1, 0.15) is 34.1 Å². The minimum absolute atomic E-state index is 0.697. The minimum atomic E-state index is -0.791. The summed E-state index contributed by atoms with van der Waals surface area (Å²) in [5.41, 5.74) is -0.791. The Morgan fingerprint density at radius 1 is 1.40 bits per heavy atom. The van der Waals surface area contributed by atoms with Gasteiger partial charge < -0.3 is 9.84 Å². The van der Waals surface area contributed by atoms with E-state index >= 15 is 0 Å². The van der Waals surface area contributed by atoms with E-state index in [1.165, 1.54) is 0 Å². The van der Waals surface area contributed by atoms with Crippen molar-refractivity contribution in [2.24, 2.45) is 0 Å². The van der Waals surface area contributed by atoms with Crippen molar-refractivity contribution in [3.05, 3.63) is 0 Å². The molecule has 0 fully saturated rings. The largest absolute Gasteiger partial charge is 0.480 e. The molecule has 0 saturated carbocycles. The summed E-state index contributed by atoms with van der Waals surface area (Å²) in [5.74, 6) is -0.777. The number of aliphatic carboxylic acids is 1. The molecular weight excluding hydrogens is 194 g/mol. The molecule has 0 amide bonds. The third-order valence-corrected chi connectivity index (χ3v) is 2.62. The van der Waals surface area contributed by atoms with Gasteiger partial charge in [-0.15, -0.1) is 0 Å². The molecule has 0 aliphatic rings. The van der Waals surface area contributed by atoms with E-state index in [-0.39, 0.29) is 0 Å². The summed E-state index contributed by atoms with van der Waals surface area (Å²) in [4.78, 5) is 13.0. The molecular formula is C11H23NO3. The van der Waals surface area contributed by atoms with Gasteiger partial charge in [0.05, 0.1) is 0 Å². The average molecular weight is 217 g/mol. The molecule has 0 aromatic rings. The number of hydrogen-bond donors (Lipinski definition) is 1. The topological polar surface area (TPSA) is 49.8 Å². The molecule has 0 saturated heterocycles. The highest BCUT2D eigenvalue weighted by Gasteiger charge is 2.32. The molecule has 0 aliphatic heterocycles. The van der Waals surface area contributed by atoms with Gasteiger partial charge in [-0.05, 0) is 33.7 Å². The molecule has 0 unspecified atom stereocenters. The summed E-state index contributed by atoms with van der Waals surface area (Å²) in [7, 11) is 0. The molecule has 90 valence electrons. The van der Waals surface area contributed by atoms with Gasteiger partial charge in [0.15, 0.2) is 0 Å². The summed E-state index contributed by atoms with van der Waals surface area (Å²) in [6.45, 7) is 10.3. The molecule has 1 N–H and O–H groups in total. The van der Waals surface area contributed by atoms with Gasteiger partial charge >= 0.3 is 5.97 Å². The van der Waals surface area contributed by atoms with Gasteiger partial charge in [0, 0.05) is 19.8 Å². The number of carbonyl (C=O) groups is 1. The molecule has 15 heavy (non-hydrogen) atoms. The Morgan fingerprint density at radius 2 is 2.00 bits per heavy atom. The van der Waals surface area contributed by atoms with E-state index in [1.807, 2.05) is 18.7 Å². The Hall–Kier alpha value is -0.610. The fourth-order valence-corrected chi connectivity index (χ4v) is 1.47. The quantitative estimate of drug-likeness (QED) is 0.627. The predicted molar refractivity (Wildman–Crippen MR) is 60.1 cm³/mol. The Bertz CT molecular complexity index is 192. The van der Waals surface area contributed by atoms with Gasteiger partial charge in [-0.1, -0.05) is 6.92 Å². The van der Waals surface area contributed by atoms with Gasteiger partial charge in [-0.2, -0.15) is 0 Å². The van der Waals surface area contributed by atoms with E-state index in [4.69, 9.17) is 9.84 Å². The SMILES string of the molecule is CCOCCCN(CC)C(C)(C)C(=O)O. The number of carboxylic acids is 1. The van der Waals surface area contributed by atoms with E-state index in [9.17, 15) is 4.79 Å². The Kier molecular flexibility index (Phi) is 6.52. The van der Waals surface area contributed by atoms with Crippen LogP contribution in [0.4, 0.5) is 0 Å². The lowest BCUT2D eigenvalue weighted by Gasteiger charge is -2.34. The summed E-state index contributed by atoms with van der Waals surface area (Å²) in [6, 6.07) is 0. The van der Waals surface area contributed by atoms with Crippen LogP contribution in [0.25, 0.3) is 0 Å². The molecule has 0 bridgehead atoms. The Morgan fingerprint density at radius 3 is 2.40 bits per heavy atom. The number of nitrogens with zero attached hydrogens (tertiary/aromatic N) is 1. The first-order valence-electron chi connectivity index (χ1n) is 5.53. The molecule has 0 aromatic heterocycles. The van der Waals surface area contributed by atoms with Crippen LogP contribution >= 0.6 is 0 Å². The zero-order valence-electron chi connectivity index (χ0n) is 10.2. The van der Waals surface area contributed by atoms with Crippen LogP contribution in [-0.4, -0.2) is 47.8 Å². The zero-order chi connectivity index (χ0) is 11.9. The van der Waals surface area contributed by atoms with Crippen molar-refractivity contribution in [2.45, 2.75) is 39.7 Å². The highest BCUT2D eigenvalue weighted by molar-refractivity contribution is 5.77. The number of carboxylic acid groups (broad SMARTS) is 1. The van der Waals surface area contributed by atoms with Gasteiger partial charge in [-0.3, -0.25) is 9.69 Å². The molecule has 4 heteroatoms. The van der Waals surface area contributed by atoms with Gasteiger partial charge in [0.25, 0.3) is 0 Å². The monoisotopic (exact) mass is 217 g/mol. The number of rotatable bonds is 8. The molecule has 0 rings (SSSR count).